The van der Waals surface area contributed by atoms with Crippen molar-refractivity contribution < 1.29 is 63.1 Å². The summed E-state index contributed by atoms with van der Waals surface area (Å²) in [5.41, 5.74) is 1.09. The molecule has 4 N–H and O–H groups in total. The summed E-state index contributed by atoms with van der Waals surface area (Å²) >= 11 is 0. The van der Waals surface area contributed by atoms with E-state index in [1.165, 1.54) is 0 Å². The number of rotatable bonds is 16. The zero-order chi connectivity index (χ0) is 35.1. The molecule has 1 fully saturated rings. The minimum Gasteiger partial charge on any atom is -0.479 e. The van der Waals surface area contributed by atoms with E-state index in [1.807, 2.05) is 21.1 Å². The number of carbonyl (C=O) groups excluding carboxylic acids is 4. The number of carbonyl (C=O) groups is 5. The maximum atomic E-state index is 13.2. The third kappa shape index (κ3) is 10.6. The zero-order valence-corrected chi connectivity index (χ0v) is 27.4. The molecular formula is C32H46N3O12+. The Bertz CT molecular complexity index is 1320. The standard InChI is InChI=1S/C32H45N3O12/c1-19(2)31(44)45-18-21-10-9-20(16-22(21)46-32-28(41)26(39)27(40)29(47-32)30(42)43)8-6-13-33(14-7-15-35(3,4)5)25(38)17-34-23(36)11-12-24(34)37/h9-12,16,19,26-29,32,39-41H,6-8,13-15,17-18H2,1-5H3/p+1/t26-,27-,28+,29-,32+/m0/s1. The van der Waals surface area contributed by atoms with Gasteiger partial charge in [0.05, 0.1) is 33.6 Å². The maximum Gasteiger partial charge on any atom is 0.335 e. The van der Waals surface area contributed by atoms with Gasteiger partial charge in [0.25, 0.3) is 11.8 Å². The lowest BCUT2D eigenvalue weighted by Gasteiger charge is -2.38. The first-order valence-corrected chi connectivity index (χ1v) is 15.5. The van der Waals surface area contributed by atoms with Crippen molar-refractivity contribution in [2.75, 3.05) is 47.3 Å². The molecule has 2 aliphatic rings. The van der Waals surface area contributed by atoms with Crippen LogP contribution in [-0.2, 0) is 46.5 Å². The first-order valence-electron chi connectivity index (χ1n) is 15.5. The molecule has 0 saturated carbocycles. The highest BCUT2D eigenvalue weighted by molar-refractivity contribution is 6.14. The molecule has 1 aromatic carbocycles. The minimum atomic E-state index is -1.90. The molecule has 0 spiro atoms. The van der Waals surface area contributed by atoms with Crippen molar-refractivity contribution >= 4 is 29.7 Å². The van der Waals surface area contributed by atoms with Gasteiger partial charge in [0, 0.05) is 37.2 Å². The molecule has 1 saturated heterocycles. The van der Waals surface area contributed by atoms with Gasteiger partial charge in [0.2, 0.25) is 12.2 Å². The molecular weight excluding hydrogens is 618 g/mol. The number of carboxylic acid groups (broad SMARTS) is 1. The fourth-order valence-electron chi connectivity index (χ4n) is 4.97. The Kier molecular flexibility index (Phi) is 13.0. The number of carboxylic acids is 1. The fraction of sp³-hybridized carbons (Fsp3) is 0.594. The van der Waals surface area contributed by atoms with Crippen molar-refractivity contribution in [3.63, 3.8) is 0 Å². The molecule has 47 heavy (non-hydrogen) atoms. The van der Waals surface area contributed by atoms with Gasteiger partial charge < -0.3 is 44.0 Å². The van der Waals surface area contributed by atoms with Crippen molar-refractivity contribution in [1.29, 1.82) is 0 Å². The minimum absolute atomic E-state index is 0.0882. The molecule has 2 heterocycles. The Morgan fingerprint density at radius 1 is 0.979 bits per heavy atom. The molecule has 3 rings (SSSR count). The number of aliphatic carboxylic acids is 1. The zero-order valence-electron chi connectivity index (χ0n) is 27.4. The van der Waals surface area contributed by atoms with Gasteiger partial charge in [0.15, 0.2) is 6.10 Å². The van der Waals surface area contributed by atoms with E-state index in [9.17, 15) is 44.4 Å². The van der Waals surface area contributed by atoms with E-state index in [4.69, 9.17) is 14.2 Å². The van der Waals surface area contributed by atoms with Gasteiger partial charge in [-0.1, -0.05) is 26.0 Å². The Balaban J connectivity index is 1.77. The van der Waals surface area contributed by atoms with Gasteiger partial charge in [-0.15, -0.1) is 0 Å². The Morgan fingerprint density at radius 3 is 2.21 bits per heavy atom. The number of aliphatic hydroxyl groups is 3. The lowest BCUT2D eigenvalue weighted by atomic mass is 9.99. The van der Waals surface area contributed by atoms with Crippen LogP contribution in [0.5, 0.6) is 5.75 Å². The number of aryl methyl sites for hydroxylation is 1. The Hall–Kier alpha value is -3.89. The molecule has 5 atom stereocenters. The van der Waals surface area contributed by atoms with Crippen LogP contribution in [0.3, 0.4) is 0 Å². The number of imide groups is 1. The second-order valence-corrected chi connectivity index (χ2v) is 13.0. The molecule has 3 amide bonds. The summed E-state index contributed by atoms with van der Waals surface area (Å²) in [7, 11) is 6.11. The van der Waals surface area contributed by atoms with Gasteiger partial charge >= 0.3 is 11.9 Å². The highest BCUT2D eigenvalue weighted by Gasteiger charge is 2.48. The predicted octanol–water partition coefficient (Wildman–Crippen LogP) is -0.561. The van der Waals surface area contributed by atoms with Crippen LogP contribution in [0.25, 0.3) is 0 Å². The summed E-state index contributed by atoms with van der Waals surface area (Å²) in [6.07, 6.45) is -5.25. The second-order valence-electron chi connectivity index (χ2n) is 13.0. The smallest absolute Gasteiger partial charge is 0.335 e. The van der Waals surface area contributed by atoms with Crippen molar-refractivity contribution in [2.45, 2.75) is 70.4 Å². The number of amides is 3. The SMILES string of the molecule is CC(C)C(=O)OCc1ccc(CCCN(CCC[N+](C)(C)C)C(=O)CN2C(=O)C=CC2=O)cc1O[C@@H]1O[C@H](C(=O)O)[C@@H](O)[C@H](O)[C@H]1O. The topological polar surface area (TPSA) is 200 Å². The van der Waals surface area contributed by atoms with Crippen LogP contribution >= 0.6 is 0 Å². The molecule has 0 aromatic heterocycles. The Labute approximate surface area is 273 Å². The largest absolute Gasteiger partial charge is 0.479 e. The Morgan fingerprint density at radius 2 is 1.62 bits per heavy atom. The summed E-state index contributed by atoms with van der Waals surface area (Å²) in [6, 6.07) is 4.99. The van der Waals surface area contributed by atoms with Gasteiger partial charge in [-0.05, 0) is 24.5 Å². The second kappa shape index (κ2) is 16.3. The van der Waals surface area contributed by atoms with Crippen LogP contribution in [0, 0.1) is 5.92 Å². The van der Waals surface area contributed by atoms with E-state index < -0.39 is 60.4 Å². The predicted molar refractivity (Wildman–Crippen MR) is 164 cm³/mol. The van der Waals surface area contributed by atoms with Crippen molar-refractivity contribution in [2.24, 2.45) is 5.92 Å². The molecule has 0 aliphatic carbocycles. The molecule has 15 nitrogen and oxygen atoms in total. The van der Waals surface area contributed by atoms with E-state index in [1.54, 1.807) is 36.9 Å². The lowest BCUT2D eigenvalue weighted by Crippen LogP contribution is -2.61. The number of hydrogen-bond acceptors (Lipinski definition) is 11. The van der Waals surface area contributed by atoms with Crippen LogP contribution < -0.4 is 4.74 Å². The molecule has 0 radical (unpaired) electrons. The van der Waals surface area contributed by atoms with Gasteiger partial charge in [-0.2, -0.15) is 0 Å². The number of nitrogens with zero attached hydrogens (tertiary/aromatic N) is 3. The van der Waals surface area contributed by atoms with Crippen LogP contribution in [-0.4, -0.2) is 142 Å². The number of aliphatic hydroxyl groups excluding tert-OH is 3. The quantitative estimate of drug-likeness (QED) is 0.0999. The number of hydrogen-bond donors (Lipinski definition) is 4. The van der Waals surface area contributed by atoms with Gasteiger partial charge in [-0.25, -0.2) is 4.79 Å². The summed E-state index contributed by atoms with van der Waals surface area (Å²) in [5.74, 6) is -3.78. The molecule has 2 aliphatic heterocycles. The lowest BCUT2D eigenvalue weighted by molar-refractivity contribution is -0.870. The summed E-state index contributed by atoms with van der Waals surface area (Å²) in [4.78, 5) is 63.5. The molecule has 0 bridgehead atoms. The van der Waals surface area contributed by atoms with E-state index in [0.29, 0.717) is 48.0 Å². The van der Waals surface area contributed by atoms with Crippen LogP contribution in [0.2, 0.25) is 0 Å². The highest BCUT2D eigenvalue weighted by atomic mass is 16.7. The van der Waals surface area contributed by atoms with E-state index in [2.05, 4.69) is 0 Å². The maximum absolute atomic E-state index is 13.2. The average molecular weight is 665 g/mol. The molecule has 260 valence electrons. The van der Waals surface area contributed by atoms with Gasteiger partial charge in [0.1, 0.15) is 37.2 Å². The number of ether oxygens (including phenoxy) is 3. The fourth-order valence-corrected chi connectivity index (χ4v) is 4.97. The number of quaternary nitrogens is 1. The van der Waals surface area contributed by atoms with Crippen molar-refractivity contribution in [1.82, 2.24) is 9.80 Å². The summed E-state index contributed by atoms with van der Waals surface area (Å²) in [6.45, 7) is 4.29. The van der Waals surface area contributed by atoms with Crippen LogP contribution in [0.1, 0.15) is 37.8 Å². The average Bonchev–Trinajstić information content (AvgIpc) is 3.31. The molecule has 0 unspecified atom stereocenters. The van der Waals surface area contributed by atoms with E-state index >= 15 is 0 Å². The van der Waals surface area contributed by atoms with Crippen molar-refractivity contribution in [3.05, 3.63) is 41.5 Å². The van der Waals surface area contributed by atoms with Crippen LogP contribution in [0.4, 0.5) is 0 Å². The summed E-state index contributed by atoms with van der Waals surface area (Å²) < 4.78 is 17.2. The third-order valence-electron chi connectivity index (χ3n) is 7.73. The van der Waals surface area contributed by atoms with Crippen LogP contribution in [0.15, 0.2) is 30.4 Å². The number of esters is 1. The summed E-state index contributed by atoms with van der Waals surface area (Å²) in [5, 5.41) is 40.2. The molecule has 15 heteroatoms. The first-order chi connectivity index (χ1) is 22.0. The highest BCUT2D eigenvalue weighted by Crippen LogP contribution is 2.29. The van der Waals surface area contributed by atoms with Gasteiger partial charge in [-0.3, -0.25) is 24.1 Å². The number of benzene rings is 1. The molecule has 1 aromatic rings. The monoisotopic (exact) mass is 664 g/mol. The third-order valence-corrected chi connectivity index (χ3v) is 7.73. The van der Waals surface area contributed by atoms with Crippen molar-refractivity contribution in [3.8, 4) is 5.75 Å². The van der Waals surface area contributed by atoms with E-state index in [0.717, 1.165) is 23.6 Å². The first kappa shape index (κ1) is 37.6. The van der Waals surface area contributed by atoms with E-state index in [-0.39, 0.29) is 24.8 Å². The normalized spacial score (nSPS) is 22.9.